The van der Waals surface area contributed by atoms with Crippen molar-refractivity contribution < 1.29 is 14.6 Å². The highest BCUT2D eigenvalue weighted by Gasteiger charge is 2.36. The van der Waals surface area contributed by atoms with E-state index in [1.165, 1.54) is 12.8 Å². The summed E-state index contributed by atoms with van der Waals surface area (Å²) in [5, 5.41) is 9.88. The molecule has 94 valence electrons. The van der Waals surface area contributed by atoms with Gasteiger partial charge >= 0.3 is 0 Å². The minimum atomic E-state index is -0.544. The number of ether oxygens (including phenoxy) is 2. The second kappa shape index (κ2) is 6.38. The summed E-state index contributed by atoms with van der Waals surface area (Å²) in [7, 11) is 0. The lowest BCUT2D eigenvalue weighted by atomic mass is 10.1. The average Bonchev–Trinajstić information content (AvgIpc) is 2.58. The van der Waals surface area contributed by atoms with Crippen LogP contribution in [-0.4, -0.2) is 29.7 Å². The first-order valence-electron chi connectivity index (χ1n) is 6.20. The molecule has 0 aromatic carbocycles. The van der Waals surface area contributed by atoms with E-state index in [0.29, 0.717) is 13.0 Å². The summed E-state index contributed by atoms with van der Waals surface area (Å²) in [5.74, 6) is -0.544. The first-order chi connectivity index (χ1) is 7.55. The highest BCUT2D eigenvalue weighted by molar-refractivity contribution is 4.88. The van der Waals surface area contributed by atoms with E-state index >= 15 is 0 Å². The zero-order valence-electron chi connectivity index (χ0n) is 10.6. The van der Waals surface area contributed by atoms with E-state index in [1.807, 2.05) is 19.9 Å². The predicted molar refractivity (Wildman–Crippen MR) is 64.2 cm³/mol. The monoisotopic (exact) mass is 228 g/mol. The van der Waals surface area contributed by atoms with Gasteiger partial charge in [0.15, 0.2) is 5.79 Å². The van der Waals surface area contributed by atoms with Crippen LogP contribution in [0.2, 0.25) is 0 Å². The molecular weight excluding hydrogens is 204 g/mol. The number of hydrogen-bond acceptors (Lipinski definition) is 3. The Morgan fingerprint density at radius 1 is 1.44 bits per heavy atom. The Kier molecular flexibility index (Phi) is 5.46. The second-order valence-corrected chi connectivity index (χ2v) is 4.78. The molecule has 1 heterocycles. The molecule has 1 saturated heterocycles. The SMILES string of the molecule is CCCC/C=C\C[C@H](O)[C@@H]1COC(C)(C)O1. The molecule has 16 heavy (non-hydrogen) atoms. The van der Waals surface area contributed by atoms with E-state index in [4.69, 9.17) is 9.47 Å². The molecule has 0 aromatic heterocycles. The van der Waals surface area contributed by atoms with Crippen LogP contribution in [-0.2, 0) is 9.47 Å². The first-order valence-corrected chi connectivity index (χ1v) is 6.20. The fourth-order valence-corrected chi connectivity index (χ4v) is 1.73. The molecule has 1 rings (SSSR count). The minimum absolute atomic E-state index is 0.189. The number of aliphatic hydroxyl groups excluding tert-OH is 1. The van der Waals surface area contributed by atoms with Gasteiger partial charge in [0, 0.05) is 0 Å². The molecule has 0 bridgehead atoms. The molecule has 0 spiro atoms. The summed E-state index contributed by atoms with van der Waals surface area (Å²) in [5.41, 5.74) is 0. The van der Waals surface area contributed by atoms with Crippen molar-refractivity contribution in [2.75, 3.05) is 6.61 Å². The zero-order valence-corrected chi connectivity index (χ0v) is 10.6. The van der Waals surface area contributed by atoms with Crippen molar-refractivity contribution >= 4 is 0 Å². The molecule has 0 amide bonds. The zero-order chi connectivity index (χ0) is 12.0. The maximum absolute atomic E-state index is 9.88. The maximum atomic E-state index is 9.88. The van der Waals surface area contributed by atoms with Crippen molar-refractivity contribution in [2.24, 2.45) is 0 Å². The maximum Gasteiger partial charge on any atom is 0.163 e. The average molecular weight is 228 g/mol. The summed E-state index contributed by atoms with van der Waals surface area (Å²) >= 11 is 0. The molecule has 1 aliphatic rings. The van der Waals surface area contributed by atoms with Gasteiger partial charge in [0.1, 0.15) is 6.10 Å². The molecule has 1 N–H and O–H groups in total. The Balaban J connectivity index is 2.20. The quantitative estimate of drug-likeness (QED) is 0.561. The summed E-state index contributed by atoms with van der Waals surface area (Å²) in [6.45, 7) is 6.40. The van der Waals surface area contributed by atoms with Crippen molar-refractivity contribution in [1.82, 2.24) is 0 Å². The van der Waals surface area contributed by atoms with Crippen LogP contribution in [0.15, 0.2) is 12.2 Å². The van der Waals surface area contributed by atoms with E-state index in [-0.39, 0.29) is 6.10 Å². The molecule has 0 unspecified atom stereocenters. The summed E-state index contributed by atoms with van der Waals surface area (Å²) < 4.78 is 11.0. The van der Waals surface area contributed by atoms with Gasteiger partial charge < -0.3 is 14.6 Å². The Hall–Kier alpha value is -0.380. The van der Waals surface area contributed by atoms with Gasteiger partial charge in [-0.2, -0.15) is 0 Å². The van der Waals surface area contributed by atoms with Crippen LogP contribution < -0.4 is 0 Å². The smallest absolute Gasteiger partial charge is 0.163 e. The lowest BCUT2D eigenvalue weighted by Crippen LogP contribution is -2.30. The molecule has 3 nitrogen and oxygen atoms in total. The Morgan fingerprint density at radius 3 is 2.75 bits per heavy atom. The third-order valence-electron chi connectivity index (χ3n) is 2.73. The van der Waals surface area contributed by atoms with Crippen LogP contribution in [0.5, 0.6) is 0 Å². The van der Waals surface area contributed by atoms with Crippen LogP contribution in [0.4, 0.5) is 0 Å². The fourth-order valence-electron chi connectivity index (χ4n) is 1.73. The Bertz CT molecular complexity index is 223. The number of allylic oxidation sites excluding steroid dienone is 1. The number of rotatable bonds is 6. The summed E-state index contributed by atoms with van der Waals surface area (Å²) in [6.07, 6.45) is 7.68. The van der Waals surface area contributed by atoms with Gasteiger partial charge in [-0.3, -0.25) is 0 Å². The highest BCUT2D eigenvalue weighted by atomic mass is 16.7. The van der Waals surface area contributed by atoms with Gasteiger partial charge in [-0.1, -0.05) is 31.9 Å². The van der Waals surface area contributed by atoms with Crippen LogP contribution in [0.1, 0.15) is 46.5 Å². The molecule has 0 saturated carbocycles. The number of unbranched alkanes of at least 4 members (excludes halogenated alkanes) is 2. The largest absolute Gasteiger partial charge is 0.390 e. The van der Waals surface area contributed by atoms with Crippen LogP contribution in [0.3, 0.4) is 0 Å². The lowest BCUT2D eigenvalue weighted by Gasteiger charge is -2.19. The van der Waals surface area contributed by atoms with Gasteiger partial charge in [0.25, 0.3) is 0 Å². The highest BCUT2D eigenvalue weighted by Crippen LogP contribution is 2.25. The minimum Gasteiger partial charge on any atom is -0.390 e. The van der Waals surface area contributed by atoms with Gasteiger partial charge in [-0.15, -0.1) is 0 Å². The normalized spacial score (nSPS) is 26.4. The van der Waals surface area contributed by atoms with Crippen molar-refractivity contribution in [2.45, 2.75) is 64.4 Å². The molecule has 2 atom stereocenters. The van der Waals surface area contributed by atoms with Gasteiger partial charge in [-0.05, 0) is 26.7 Å². The molecule has 0 aliphatic carbocycles. The number of hydrogen-bond donors (Lipinski definition) is 1. The summed E-state index contributed by atoms with van der Waals surface area (Å²) in [6, 6.07) is 0. The lowest BCUT2D eigenvalue weighted by molar-refractivity contribution is -0.150. The van der Waals surface area contributed by atoms with E-state index in [9.17, 15) is 5.11 Å². The third kappa shape index (κ3) is 4.64. The molecule has 1 fully saturated rings. The predicted octanol–water partition coefficient (Wildman–Crippen LogP) is 2.64. The second-order valence-electron chi connectivity index (χ2n) is 4.78. The van der Waals surface area contributed by atoms with E-state index < -0.39 is 11.9 Å². The van der Waals surface area contributed by atoms with Crippen LogP contribution in [0.25, 0.3) is 0 Å². The number of aliphatic hydroxyl groups is 1. The Labute approximate surface area is 98.4 Å². The van der Waals surface area contributed by atoms with Gasteiger partial charge in [-0.25, -0.2) is 0 Å². The van der Waals surface area contributed by atoms with Crippen molar-refractivity contribution in [1.29, 1.82) is 0 Å². The first kappa shape index (κ1) is 13.7. The molecular formula is C13H24O3. The molecule has 0 radical (unpaired) electrons. The van der Waals surface area contributed by atoms with E-state index in [2.05, 4.69) is 13.0 Å². The molecule has 1 aliphatic heterocycles. The van der Waals surface area contributed by atoms with Crippen molar-refractivity contribution in [3.8, 4) is 0 Å². The third-order valence-corrected chi connectivity index (χ3v) is 2.73. The summed E-state index contributed by atoms with van der Waals surface area (Å²) in [4.78, 5) is 0. The van der Waals surface area contributed by atoms with Crippen LogP contribution >= 0.6 is 0 Å². The van der Waals surface area contributed by atoms with Gasteiger partial charge in [0.05, 0.1) is 12.7 Å². The fraction of sp³-hybridized carbons (Fsp3) is 0.846. The standard InChI is InChI=1S/C13H24O3/c1-4-5-6-7-8-9-11(14)12-10-15-13(2,3)16-12/h7-8,11-12,14H,4-6,9-10H2,1-3H3/b8-7-/t11-,12-/m0/s1. The molecule has 3 heteroatoms. The topological polar surface area (TPSA) is 38.7 Å². The van der Waals surface area contributed by atoms with Crippen LogP contribution in [0, 0.1) is 0 Å². The van der Waals surface area contributed by atoms with Gasteiger partial charge in [0.2, 0.25) is 0 Å². The van der Waals surface area contributed by atoms with E-state index in [1.54, 1.807) is 0 Å². The van der Waals surface area contributed by atoms with Crippen molar-refractivity contribution in [3.05, 3.63) is 12.2 Å². The molecule has 0 aromatic rings. The Morgan fingerprint density at radius 2 is 2.19 bits per heavy atom. The van der Waals surface area contributed by atoms with E-state index in [0.717, 1.165) is 6.42 Å². The van der Waals surface area contributed by atoms with Crippen molar-refractivity contribution in [3.63, 3.8) is 0 Å².